The first kappa shape index (κ1) is 11.4. The van der Waals surface area contributed by atoms with Crippen LogP contribution in [0.3, 0.4) is 0 Å². The fourth-order valence-electron chi connectivity index (χ4n) is 1.53. The lowest BCUT2D eigenvalue weighted by molar-refractivity contribution is -0.118. The van der Waals surface area contributed by atoms with Crippen LogP contribution < -0.4 is 11.1 Å². The summed E-state index contributed by atoms with van der Waals surface area (Å²) in [7, 11) is 0. The molecule has 0 aliphatic carbocycles. The Morgan fingerprint density at radius 3 is 3.06 bits per heavy atom. The van der Waals surface area contributed by atoms with Crippen LogP contribution >= 0.6 is 0 Å². The minimum atomic E-state index is -0.254. The van der Waals surface area contributed by atoms with Gasteiger partial charge in [-0.15, -0.1) is 5.10 Å². The summed E-state index contributed by atoms with van der Waals surface area (Å²) in [4.78, 5) is 14.8. The van der Waals surface area contributed by atoms with E-state index in [1.165, 1.54) is 0 Å². The summed E-state index contributed by atoms with van der Waals surface area (Å²) in [6.07, 6.45) is 3.94. The number of nitrogens with two attached hydrogens (primary N) is 1. The molecule has 0 bridgehead atoms. The fourth-order valence-corrected chi connectivity index (χ4v) is 1.53. The zero-order chi connectivity index (χ0) is 12.1. The second-order valence-electron chi connectivity index (χ2n) is 3.79. The topological polar surface area (TPSA) is 85.3 Å². The van der Waals surface area contributed by atoms with E-state index in [0.717, 1.165) is 25.0 Å². The smallest absolute Gasteiger partial charge is 0.243 e. The van der Waals surface area contributed by atoms with Gasteiger partial charge in [0, 0.05) is 19.2 Å². The Labute approximate surface area is 98.8 Å². The highest BCUT2D eigenvalue weighted by molar-refractivity contribution is 5.73. The van der Waals surface area contributed by atoms with Crippen LogP contribution in [0.1, 0.15) is 19.3 Å². The number of aromatic nitrogens is 3. The number of rotatable bonds is 6. The van der Waals surface area contributed by atoms with Crippen molar-refractivity contribution in [2.75, 3.05) is 11.9 Å². The standard InChI is InChI=1S/C11H15N5O/c12-9(17)5-1-3-7-13-11-14-10-6-2-4-8-16(10)15-11/h2,4,6,8H,1,3,5,7H2,(H2,12,17)(H,13,15). The molecule has 0 saturated heterocycles. The fraction of sp³-hybridized carbons (Fsp3) is 0.364. The molecule has 3 N–H and O–H groups in total. The molecule has 2 rings (SSSR count). The van der Waals surface area contributed by atoms with Gasteiger partial charge in [0.15, 0.2) is 5.65 Å². The van der Waals surface area contributed by atoms with Crippen LogP contribution in [0.4, 0.5) is 5.95 Å². The molecule has 2 aromatic heterocycles. The molecule has 90 valence electrons. The average Bonchev–Trinajstić information content (AvgIpc) is 2.70. The highest BCUT2D eigenvalue weighted by atomic mass is 16.1. The van der Waals surface area contributed by atoms with Crippen molar-refractivity contribution < 1.29 is 4.79 Å². The number of anilines is 1. The zero-order valence-corrected chi connectivity index (χ0v) is 9.47. The van der Waals surface area contributed by atoms with E-state index in [1.807, 2.05) is 24.4 Å². The van der Waals surface area contributed by atoms with E-state index in [9.17, 15) is 4.79 Å². The Hall–Kier alpha value is -2.11. The number of carbonyl (C=O) groups excluding carboxylic acids is 1. The highest BCUT2D eigenvalue weighted by Crippen LogP contribution is 2.04. The summed E-state index contributed by atoms with van der Waals surface area (Å²) in [6, 6.07) is 5.71. The first-order valence-corrected chi connectivity index (χ1v) is 5.59. The number of nitrogens with zero attached hydrogens (tertiary/aromatic N) is 3. The quantitative estimate of drug-likeness (QED) is 0.722. The molecule has 17 heavy (non-hydrogen) atoms. The molecule has 0 saturated carbocycles. The van der Waals surface area contributed by atoms with Gasteiger partial charge in [-0.1, -0.05) is 6.07 Å². The molecular weight excluding hydrogens is 218 g/mol. The van der Waals surface area contributed by atoms with Crippen molar-refractivity contribution in [3.05, 3.63) is 24.4 Å². The largest absolute Gasteiger partial charge is 0.370 e. The summed E-state index contributed by atoms with van der Waals surface area (Å²) >= 11 is 0. The Kier molecular flexibility index (Phi) is 3.54. The number of amides is 1. The Balaban J connectivity index is 1.81. The van der Waals surface area contributed by atoms with Crippen LogP contribution in [-0.4, -0.2) is 27.0 Å². The van der Waals surface area contributed by atoms with E-state index in [4.69, 9.17) is 5.73 Å². The van der Waals surface area contributed by atoms with Gasteiger partial charge in [0.2, 0.25) is 11.9 Å². The van der Waals surface area contributed by atoms with Gasteiger partial charge in [-0.2, -0.15) is 4.98 Å². The molecule has 0 radical (unpaired) electrons. The molecule has 0 fully saturated rings. The lowest BCUT2D eigenvalue weighted by Gasteiger charge is -1.99. The van der Waals surface area contributed by atoms with E-state index < -0.39 is 0 Å². The van der Waals surface area contributed by atoms with Crippen molar-refractivity contribution >= 4 is 17.5 Å². The van der Waals surface area contributed by atoms with Crippen molar-refractivity contribution in [2.45, 2.75) is 19.3 Å². The van der Waals surface area contributed by atoms with Crippen molar-refractivity contribution in [2.24, 2.45) is 5.73 Å². The number of nitrogens with one attached hydrogen (secondary N) is 1. The summed E-state index contributed by atoms with van der Waals surface area (Å²) < 4.78 is 1.71. The summed E-state index contributed by atoms with van der Waals surface area (Å²) in [5.41, 5.74) is 5.86. The third kappa shape index (κ3) is 3.17. The SMILES string of the molecule is NC(=O)CCCCNc1nc2ccccn2n1. The zero-order valence-electron chi connectivity index (χ0n) is 9.47. The molecule has 0 atom stereocenters. The van der Waals surface area contributed by atoms with E-state index in [-0.39, 0.29) is 5.91 Å². The average molecular weight is 233 g/mol. The lowest BCUT2D eigenvalue weighted by atomic mass is 10.2. The Bertz CT molecular complexity index is 474. The molecular formula is C11H15N5O. The van der Waals surface area contributed by atoms with E-state index in [1.54, 1.807) is 4.52 Å². The minimum Gasteiger partial charge on any atom is -0.370 e. The third-order valence-electron chi connectivity index (χ3n) is 2.37. The van der Waals surface area contributed by atoms with Gasteiger partial charge >= 0.3 is 0 Å². The number of pyridine rings is 1. The molecule has 0 aliphatic heterocycles. The lowest BCUT2D eigenvalue weighted by Crippen LogP contribution is -2.11. The molecule has 6 nitrogen and oxygen atoms in total. The molecule has 1 amide bonds. The van der Waals surface area contributed by atoms with Crippen LogP contribution in [0.25, 0.3) is 5.65 Å². The number of fused-ring (bicyclic) bond motifs is 1. The summed E-state index contributed by atoms with van der Waals surface area (Å²) in [5, 5.41) is 7.36. The number of carbonyl (C=O) groups is 1. The highest BCUT2D eigenvalue weighted by Gasteiger charge is 2.01. The minimum absolute atomic E-state index is 0.254. The normalized spacial score (nSPS) is 10.6. The van der Waals surface area contributed by atoms with Gasteiger partial charge in [0.25, 0.3) is 0 Å². The number of hydrogen-bond donors (Lipinski definition) is 2. The first-order valence-electron chi connectivity index (χ1n) is 5.59. The van der Waals surface area contributed by atoms with Crippen LogP contribution in [0.5, 0.6) is 0 Å². The van der Waals surface area contributed by atoms with Gasteiger partial charge in [-0.25, -0.2) is 4.52 Å². The van der Waals surface area contributed by atoms with Gasteiger partial charge in [-0.3, -0.25) is 4.79 Å². The molecule has 0 unspecified atom stereocenters. The van der Waals surface area contributed by atoms with E-state index in [0.29, 0.717) is 12.4 Å². The predicted octanol–water partition coefficient (Wildman–Crippen LogP) is 0.797. The Morgan fingerprint density at radius 1 is 1.41 bits per heavy atom. The number of primary amides is 1. The van der Waals surface area contributed by atoms with Gasteiger partial charge in [-0.05, 0) is 25.0 Å². The molecule has 2 heterocycles. The predicted molar refractivity (Wildman–Crippen MR) is 64.5 cm³/mol. The van der Waals surface area contributed by atoms with Crippen LogP contribution in [0, 0.1) is 0 Å². The maximum Gasteiger partial charge on any atom is 0.243 e. The molecule has 0 spiro atoms. The van der Waals surface area contributed by atoms with E-state index >= 15 is 0 Å². The van der Waals surface area contributed by atoms with Crippen LogP contribution in [0.2, 0.25) is 0 Å². The van der Waals surface area contributed by atoms with Crippen molar-refractivity contribution in [1.82, 2.24) is 14.6 Å². The maximum atomic E-state index is 10.5. The van der Waals surface area contributed by atoms with Crippen LogP contribution in [-0.2, 0) is 4.79 Å². The molecule has 2 aromatic rings. The molecule has 0 aromatic carbocycles. The Morgan fingerprint density at radius 2 is 2.29 bits per heavy atom. The molecule has 0 aliphatic rings. The third-order valence-corrected chi connectivity index (χ3v) is 2.37. The maximum absolute atomic E-state index is 10.5. The monoisotopic (exact) mass is 233 g/mol. The van der Waals surface area contributed by atoms with Gasteiger partial charge in [0.05, 0.1) is 0 Å². The molecule has 6 heteroatoms. The second-order valence-corrected chi connectivity index (χ2v) is 3.79. The van der Waals surface area contributed by atoms with Crippen molar-refractivity contribution in [3.63, 3.8) is 0 Å². The van der Waals surface area contributed by atoms with Gasteiger partial charge < -0.3 is 11.1 Å². The first-order chi connectivity index (χ1) is 8.25. The van der Waals surface area contributed by atoms with Crippen LogP contribution in [0.15, 0.2) is 24.4 Å². The van der Waals surface area contributed by atoms with Crippen molar-refractivity contribution in [1.29, 1.82) is 0 Å². The number of hydrogen-bond acceptors (Lipinski definition) is 4. The van der Waals surface area contributed by atoms with Crippen molar-refractivity contribution in [3.8, 4) is 0 Å². The number of unbranched alkanes of at least 4 members (excludes halogenated alkanes) is 1. The second kappa shape index (κ2) is 5.29. The van der Waals surface area contributed by atoms with E-state index in [2.05, 4.69) is 15.4 Å². The van der Waals surface area contributed by atoms with Gasteiger partial charge in [0.1, 0.15) is 0 Å². The summed E-state index contributed by atoms with van der Waals surface area (Å²) in [5.74, 6) is 0.353. The summed E-state index contributed by atoms with van der Waals surface area (Å²) in [6.45, 7) is 0.740.